The fraction of sp³-hybridized carbons (Fsp3) is 0.533. The molecule has 0 radical (unpaired) electrons. The van der Waals surface area contributed by atoms with Gasteiger partial charge in [-0.15, -0.1) is 0 Å². The Morgan fingerprint density at radius 1 is 1.25 bits per heavy atom. The van der Waals surface area contributed by atoms with Crippen molar-refractivity contribution in [3.8, 4) is 0 Å². The largest absolute Gasteiger partial charge is 0.388 e. The van der Waals surface area contributed by atoms with Gasteiger partial charge in [-0.1, -0.05) is 42.1 Å². The van der Waals surface area contributed by atoms with Crippen LogP contribution in [0.5, 0.6) is 0 Å². The Labute approximate surface area is 131 Å². The lowest BCUT2D eigenvalue weighted by Crippen LogP contribution is -2.16. The number of nitrogens with zero attached hydrogens (tertiary/aromatic N) is 1. The Morgan fingerprint density at radius 3 is 2.60 bits per heavy atom. The summed E-state index contributed by atoms with van der Waals surface area (Å²) < 4.78 is 0. The third-order valence-electron chi connectivity index (χ3n) is 3.10. The van der Waals surface area contributed by atoms with E-state index < -0.39 is 0 Å². The molecule has 3 nitrogen and oxygen atoms in total. The normalized spacial score (nSPS) is 13.5. The smallest absolute Gasteiger partial charge is 0.0909 e. The lowest BCUT2D eigenvalue weighted by Gasteiger charge is -2.14. The summed E-state index contributed by atoms with van der Waals surface area (Å²) in [5.74, 6) is 0.610. The van der Waals surface area contributed by atoms with E-state index in [2.05, 4.69) is 4.99 Å². The fourth-order valence-electron chi connectivity index (χ4n) is 2.14. The standard InChI is InChI=1S/C15H23Cl2N3/c1-11(19)20-14(5-3-2-4-8-18)9-12-6-7-13(16)10-15(12)17/h6-7,10,14H,2-5,8-9,18H2,1H3,(H2,19,20). The van der Waals surface area contributed by atoms with Gasteiger partial charge in [0.05, 0.1) is 11.9 Å². The van der Waals surface area contributed by atoms with Crippen LogP contribution >= 0.6 is 23.2 Å². The van der Waals surface area contributed by atoms with E-state index in [1.165, 1.54) is 0 Å². The van der Waals surface area contributed by atoms with Crippen molar-refractivity contribution in [2.45, 2.75) is 45.1 Å². The molecule has 0 fully saturated rings. The van der Waals surface area contributed by atoms with Gasteiger partial charge in [-0.3, -0.25) is 4.99 Å². The van der Waals surface area contributed by atoms with Gasteiger partial charge >= 0.3 is 0 Å². The lowest BCUT2D eigenvalue weighted by molar-refractivity contribution is 0.553. The van der Waals surface area contributed by atoms with Gasteiger partial charge in [0.1, 0.15) is 0 Å². The van der Waals surface area contributed by atoms with E-state index in [1.807, 2.05) is 19.1 Å². The molecule has 0 amide bonds. The summed E-state index contributed by atoms with van der Waals surface area (Å²) in [6, 6.07) is 5.74. The second-order valence-corrected chi connectivity index (χ2v) is 5.85. The molecule has 1 aromatic carbocycles. The minimum Gasteiger partial charge on any atom is -0.388 e. The second-order valence-electron chi connectivity index (χ2n) is 5.00. The number of benzene rings is 1. The molecule has 0 aliphatic rings. The first-order valence-electron chi connectivity index (χ1n) is 6.96. The van der Waals surface area contributed by atoms with Crippen LogP contribution in [0.3, 0.4) is 0 Å². The lowest BCUT2D eigenvalue weighted by atomic mass is 10.0. The van der Waals surface area contributed by atoms with Crippen LogP contribution in [0.4, 0.5) is 0 Å². The van der Waals surface area contributed by atoms with Crippen LogP contribution in [-0.4, -0.2) is 18.4 Å². The molecule has 0 aliphatic carbocycles. The predicted octanol–water partition coefficient (Wildman–Crippen LogP) is 3.80. The molecule has 20 heavy (non-hydrogen) atoms. The molecule has 1 rings (SSSR count). The maximum Gasteiger partial charge on any atom is 0.0909 e. The van der Waals surface area contributed by atoms with E-state index in [4.69, 9.17) is 34.7 Å². The Hall–Kier alpha value is -0.770. The van der Waals surface area contributed by atoms with Gasteiger partial charge in [0.2, 0.25) is 0 Å². The molecule has 0 aliphatic heterocycles. The molecule has 0 heterocycles. The summed E-state index contributed by atoms with van der Waals surface area (Å²) >= 11 is 12.1. The van der Waals surface area contributed by atoms with E-state index in [9.17, 15) is 0 Å². The quantitative estimate of drug-likeness (QED) is 0.435. The molecule has 4 N–H and O–H groups in total. The molecular formula is C15H23Cl2N3. The SMILES string of the molecule is CC(N)=NC(CCCCCN)Cc1ccc(Cl)cc1Cl. The van der Waals surface area contributed by atoms with Gasteiger partial charge in [0.15, 0.2) is 0 Å². The number of halogens is 2. The average molecular weight is 316 g/mol. The summed E-state index contributed by atoms with van der Waals surface area (Å²) in [7, 11) is 0. The highest BCUT2D eigenvalue weighted by molar-refractivity contribution is 6.35. The number of nitrogens with two attached hydrogens (primary N) is 2. The van der Waals surface area contributed by atoms with Gasteiger partial charge in [0.25, 0.3) is 0 Å². The molecular weight excluding hydrogens is 293 g/mol. The van der Waals surface area contributed by atoms with Crippen molar-refractivity contribution in [2.75, 3.05) is 6.54 Å². The molecule has 0 saturated heterocycles. The summed E-state index contributed by atoms with van der Waals surface area (Å²) in [5.41, 5.74) is 12.3. The van der Waals surface area contributed by atoms with Crippen LogP contribution in [0.25, 0.3) is 0 Å². The molecule has 0 bridgehead atoms. The van der Waals surface area contributed by atoms with Crippen molar-refractivity contribution in [1.82, 2.24) is 0 Å². The number of rotatable bonds is 8. The van der Waals surface area contributed by atoms with Gasteiger partial charge in [-0.2, -0.15) is 0 Å². The first-order chi connectivity index (χ1) is 9.52. The van der Waals surface area contributed by atoms with Crippen LogP contribution in [0, 0.1) is 0 Å². The molecule has 0 aromatic heterocycles. The van der Waals surface area contributed by atoms with Crippen LogP contribution in [-0.2, 0) is 6.42 Å². The third kappa shape index (κ3) is 6.60. The summed E-state index contributed by atoms with van der Waals surface area (Å²) in [6.45, 7) is 2.56. The Bertz CT molecular complexity index is 443. The van der Waals surface area contributed by atoms with Crippen molar-refractivity contribution in [3.63, 3.8) is 0 Å². The van der Waals surface area contributed by atoms with Crippen molar-refractivity contribution < 1.29 is 0 Å². The van der Waals surface area contributed by atoms with Gasteiger partial charge in [-0.25, -0.2) is 0 Å². The fourth-order valence-corrected chi connectivity index (χ4v) is 2.63. The number of unbranched alkanes of at least 4 members (excludes halogenated alkanes) is 2. The monoisotopic (exact) mass is 315 g/mol. The molecule has 0 spiro atoms. The number of amidine groups is 1. The second kappa shape index (κ2) is 9.22. The van der Waals surface area contributed by atoms with Crippen LogP contribution in [0.1, 0.15) is 38.2 Å². The van der Waals surface area contributed by atoms with Crippen molar-refractivity contribution in [2.24, 2.45) is 16.5 Å². The Kier molecular flexibility index (Phi) is 7.97. The summed E-state index contributed by atoms with van der Waals surface area (Å²) in [4.78, 5) is 4.50. The predicted molar refractivity (Wildman–Crippen MR) is 88.8 cm³/mol. The Balaban J connectivity index is 2.66. The molecule has 5 heteroatoms. The Morgan fingerprint density at radius 2 is 2.00 bits per heavy atom. The minimum atomic E-state index is 0.163. The maximum absolute atomic E-state index is 6.21. The zero-order chi connectivity index (χ0) is 15.0. The van der Waals surface area contributed by atoms with Gasteiger partial charge in [0, 0.05) is 10.0 Å². The summed E-state index contributed by atoms with van der Waals surface area (Å²) in [5, 5.41) is 1.34. The zero-order valence-electron chi connectivity index (χ0n) is 11.9. The maximum atomic E-state index is 6.21. The topological polar surface area (TPSA) is 64.4 Å². The van der Waals surface area contributed by atoms with E-state index in [0.717, 1.165) is 44.2 Å². The van der Waals surface area contributed by atoms with Crippen LogP contribution < -0.4 is 11.5 Å². The van der Waals surface area contributed by atoms with Crippen LogP contribution in [0.2, 0.25) is 10.0 Å². The van der Waals surface area contributed by atoms with Gasteiger partial charge in [-0.05, 0) is 50.4 Å². The first kappa shape index (κ1) is 17.3. The van der Waals surface area contributed by atoms with Gasteiger partial charge < -0.3 is 11.5 Å². The molecule has 1 atom stereocenters. The molecule has 112 valence electrons. The highest BCUT2D eigenvalue weighted by Crippen LogP contribution is 2.24. The molecule has 0 saturated carbocycles. The van der Waals surface area contributed by atoms with E-state index in [1.54, 1.807) is 6.07 Å². The number of aliphatic imine (C=N–C) groups is 1. The van der Waals surface area contributed by atoms with Crippen molar-refractivity contribution in [1.29, 1.82) is 0 Å². The average Bonchev–Trinajstić information content (AvgIpc) is 2.37. The molecule has 1 aromatic rings. The number of hydrogen-bond acceptors (Lipinski definition) is 2. The first-order valence-corrected chi connectivity index (χ1v) is 7.72. The molecule has 1 unspecified atom stereocenters. The van der Waals surface area contributed by atoms with E-state index >= 15 is 0 Å². The van der Waals surface area contributed by atoms with E-state index in [0.29, 0.717) is 15.9 Å². The zero-order valence-corrected chi connectivity index (χ0v) is 13.4. The highest BCUT2D eigenvalue weighted by atomic mass is 35.5. The van der Waals surface area contributed by atoms with Crippen molar-refractivity contribution in [3.05, 3.63) is 33.8 Å². The van der Waals surface area contributed by atoms with Crippen molar-refractivity contribution >= 4 is 29.0 Å². The summed E-state index contributed by atoms with van der Waals surface area (Å²) in [6.07, 6.45) is 5.06. The highest BCUT2D eigenvalue weighted by Gasteiger charge is 2.11. The van der Waals surface area contributed by atoms with Crippen LogP contribution in [0.15, 0.2) is 23.2 Å². The third-order valence-corrected chi connectivity index (χ3v) is 3.69. The number of hydrogen-bond donors (Lipinski definition) is 2. The minimum absolute atomic E-state index is 0.163. The van der Waals surface area contributed by atoms with E-state index in [-0.39, 0.29) is 6.04 Å².